The van der Waals surface area contributed by atoms with Crippen LogP contribution in [-0.4, -0.2) is 40.5 Å². The Kier molecular flexibility index (Phi) is 6.66. The lowest BCUT2D eigenvalue weighted by Gasteiger charge is -2.39. The number of nitrogens with zero attached hydrogens (tertiary/aromatic N) is 2. The van der Waals surface area contributed by atoms with Gasteiger partial charge < -0.3 is 19.7 Å². The average Bonchev–Trinajstić information content (AvgIpc) is 3.33. The summed E-state index contributed by atoms with van der Waals surface area (Å²) in [6.45, 7) is 5.34. The molecule has 0 radical (unpaired) electrons. The second kappa shape index (κ2) is 10.0. The number of benzene rings is 2. The summed E-state index contributed by atoms with van der Waals surface area (Å²) in [6.07, 6.45) is 4.75. The van der Waals surface area contributed by atoms with Gasteiger partial charge in [-0.3, -0.25) is 9.78 Å². The van der Waals surface area contributed by atoms with Gasteiger partial charge in [0.2, 0.25) is 0 Å². The number of likely N-dealkylation sites (tertiary alicyclic amines) is 1. The van der Waals surface area contributed by atoms with Crippen molar-refractivity contribution < 1.29 is 14.3 Å². The number of piperidine rings is 1. The van der Waals surface area contributed by atoms with Crippen molar-refractivity contribution in [1.82, 2.24) is 15.2 Å². The first-order valence-electron chi connectivity index (χ1n) is 12.2. The summed E-state index contributed by atoms with van der Waals surface area (Å²) in [5.74, 6) is 0.454. The molecule has 3 heterocycles. The van der Waals surface area contributed by atoms with E-state index in [0.29, 0.717) is 30.9 Å². The maximum absolute atomic E-state index is 12.6. The first kappa shape index (κ1) is 23.3. The first-order valence-corrected chi connectivity index (χ1v) is 12.2. The highest BCUT2D eigenvalue weighted by Crippen LogP contribution is 2.35. The molecule has 1 amide bonds. The van der Waals surface area contributed by atoms with Crippen molar-refractivity contribution in [3.63, 3.8) is 0 Å². The molecule has 1 atom stereocenters. The molecule has 1 aliphatic rings. The molecular formula is C29H31N3O3. The van der Waals surface area contributed by atoms with Crippen LogP contribution in [0.15, 0.2) is 83.5 Å². The van der Waals surface area contributed by atoms with E-state index in [9.17, 15) is 9.90 Å². The fourth-order valence-corrected chi connectivity index (χ4v) is 4.88. The molecule has 0 aliphatic carbocycles. The number of rotatable bonds is 7. The van der Waals surface area contributed by atoms with Crippen LogP contribution in [0, 0.1) is 0 Å². The van der Waals surface area contributed by atoms with E-state index >= 15 is 0 Å². The van der Waals surface area contributed by atoms with E-state index in [2.05, 4.69) is 46.4 Å². The lowest BCUT2D eigenvalue weighted by atomic mass is 9.83. The number of fused-ring (bicyclic) bond motifs is 1. The predicted octanol–water partition coefficient (Wildman–Crippen LogP) is 4.84. The minimum Gasteiger partial charge on any atom is -0.451 e. The molecular weight excluding hydrogens is 438 g/mol. The van der Waals surface area contributed by atoms with Crippen LogP contribution >= 0.6 is 0 Å². The molecule has 1 fully saturated rings. The molecule has 2 aromatic heterocycles. The summed E-state index contributed by atoms with van der Waals surface area (Å²) in [4.78, 5) is 19.0. The van der Waals surface area contributed by atoms with Crippen LogP contribution in [-0.2, 0) is 12.1 Å². The molecule has 0 spiro atoms. The number of carbonyl (C=O) groups is 1. The zero-order valence-electron chi connectivity index (χ0n) is 20.0. The standard InChI is InChI=1S/C29H31N3O3/c1-21(23-5-3-2-4-6-23)20-32-15-11-29(34,12-16-32)25-7-8-26-24(17-25)18-27(35-26)28(33)31-19-22-9-13-30-14-10-22/h2-10,13-14,17-18,21,34H,11-12,15-16,19-20H2,1H3,(H,31,33). The molecule has 35 heavy (non-hydrogen) atoms. The summed E-state index contributed by atoms with van der Waals surface area (Å²) in [5.41, 5.74) is 2.96. The summed E-state index contributed by atoms with van der Waals surface area (Å²) in [5, 5.41) is 15.2. The minimum atomic E-state index is -0.873. The Morgan fingerprint density at radius 2 is 1.83 bits per heavy atom. The highest BCUT2D eigenvalue weighted by atomic mass is 16.3. The maximum atomic E-state index is 12.6. The number of amides is 1. The predicted molar refractivity (Wildman–Crippen MR) is 136 cm³/mol. The van der Waals surface area contributed by atoms with Crippen LogP contribution in [0.5, 0.6) is 0 Å². The molecule has 6 nitrogen and oxygen atoms in total. The number of pyridine rings is 1. The van der Waals surface area contributed by atoms with Gasteiger partial charge in [-0.05, 0) is 65.8 Å². The monoisotopic (exact) mass is 469 g/mol. The zero-order chi connectivity index (χ0) is 24.3. The molecule has 1 saturated heterocycles. The van der Waals surface area contributed by atoms with Crippen molar-refractivity contribution in [2.24, 2.45) is 0 Å². The topological polar surface area (TPSA) is 78.6 Å². The number of aliphatic hydroxyl groups is 1. The van der Waals surface area contributed by atoms with Crippen molar-refractivity contribution in [3.8, 4) is 0 Å². The van der Waals surface area contributed by atoms with Crippen molar-refractivity contribution >= 4 is 16.9 Å². The Labute approximate surface area is 205 Å². The number of hydrogen-bond donors (Lipinski definition) is 2. The molecule has 2 N–H and O–H groups in total. The number of aromatic nitrogens is 1. The third-order valence-electron chi connectivity index (χ3n) is 7.06. The fraction of sp³-hybridized carbons (Fsp3) is 0.310. The molecule has 4 aromatic rings. The van der Waals surface area contributed by atoms with E-state index in [1.807, 2.05) is 36.4 Å². The van der Waals surface area contributed by atoms with Gasteiger partial charge in [0.05, 0.1) is 5.60 Å². The Morgan fingerprint density at radius 3 is 2.57 bits per heavy atom. The quantitative estimate of drug-likeness (QED) is 0.405. The molecule has 0 bridgehead atoms. The summed E-state index contributed by atoms with van der Waals surface area (Å²) in [7, 11) is 0. The highest BCUT2D eigenvalue weighted by Gasteiger charge is 2.34. The molecule has 6 heteroatoms. The smallest absolute Gasteiger partial charge is 0.287 e. The number of furan rings is 1. The third-order valence-corrected chi connectivity index (χ3v) is 7.06. The number of hydrogen-bond acceptors (Lipinski definition) is 5. The normalized spacial score (nSPS) is 16.7. The molecule has 1 aliphatic heterocycles. The zero-order valence-corrected chi connectivity index (χ0v) is 20.0. The Balaban J connectivity index is 1.22. The van der Waals surface area contributed by atoms with Gasteiger partial charge >= 0.3 is 0 Å². The van der Waals surface area contributed by atoms with E-state index in [-0.39, 0.29) is 11.7 Å². The lowest BCUT2D eigenvalue weighted by molar-refractivity contribution is -0.0266. The minimum absolute atomic E-state index is 0.265. The van der Waals surface area contributed by atoms with Crippen LogP contribution in [0.3, 0.4) is 0 Å². The van der Waals surface area contributed by atoms with Crippen LogP contribution in [0.25, 0.3) is 11.0 Å². The van der Waals surface area contributed by atoms with Gasteiger partial charge in [-0.15, -0.1) is 0 Å². The highest BCUT2D eigenvalue weighted by molar-refractivity contribution is 5.96. The summed E-state index contributed by atoms with van der Waals surface area (Å²) >= 11 is 0. The SMILES string of the molecule is CC(CN1CCC(O)(c2ccc3oc(C(=O)NCc4ccncc4)cc3c2)CC1)c1ccccc1. The van der Waals surface area contributed by atoms with Gasteiger partial charge in [0.15, 0.2) is 5.76 Å². The molecule has 0 saturated carbocycles. The van der Waals surface area contributed by atoms with E-state index in [1.165, 1.54) is 5.56 Å². The van der Waals surface area contributed by atoms with Crippen molar-refractivity contribution in [2.45, 2.75) is 37.8 Å². The lowest BCUT2D eigenvalue weighted by Crippen LogP contribution is -2.43. The molecule has 180 valence electrons. The molecule has 5 rings (SSSR count). The summed E-state index contributed by atoms with van der Waals surface area (Å²) in [6, 6.07) is 21.8. The van der Waals surface area contributed by atoms with Crippen molar-refractivity contribution in [1.29, 1.82) is 0 Å². The second-order valence-corrected chi connectivity index (χ2v) is 9.55. The average molecular weight is 470 g/mol. The van der Waals surface area contributed by atoms with Gasteiger partial charge in [0, 0.05) is 44.0 Å². The van der Waals surface area contributed by atoms with Crippen LogP contribution in [0.1, 0.15) is 52.9 Å². The Morgan fingerprint density at radius 1 is 1.09 bits per heavy atom. The molecule has 1 unspecified atom stereocenters. The van der Waals surface area contributed by atoms with E-state index in [0.717, 1.165) is 36.1 Å². The van der Waals surface area contributed by atoms with E-state index < -0.39 is 5.60 Å². The number of carbonyl (C=O) groups excluding carboxylic acids is 1. The van der Waals surface area contributed by atoms with E-state index in [4.69, 9.17) is 4.42 Å². The fourth-order valence-electron chi connectivity index (χ4n) is 4.88. The van der Waals surface area contributed by atoms with Crippen molar-refractivity contribution in [2.75, 3.05) is 19.6 Å². The molecule has 2 aromatic carbocycles. The maximum Gasteiger partial charge on any atom is 0.287 e. The van der Waals surface area contributed by atoms with Crippen LogP contribution in [0.4, 0.5) is 0 Å². The van der Waals surface area contributed by atoms with Gasteiger partial charge in [-0.1, -0.05) is 43.3 Å². The second-order valence-electron chi connectivity index (χ2n) is 9.55. The van der Waals surface area contributed by atoms with Gasteiger partial charge in [-0.2, -0.15) is 0 Å². The first-order chi connectivity index (χ1) is 17.0. The van der Waals surface area contributed by atoms with E-state index in [1.54, 1.807) is 18.5 Å². The van der Waals surface area contributed by atoms with Gasteiger partial charge in [0.25, 0.3) is 5.91 Å². The van der Waals surface area contributed by atoms with Crippen molar-refractivity contribution in [3.05, 3.63) is 102 Å². The number of nitrogens with one attached hydrogen (secondary N) is 1. The largest absolute Gasteiger partial charge is 0.451 e. The van der Waals surface area contributed by atoms with Crippen LogP contribution in [0.2, 0.25) is 0 Å². The summed E-state index contributed by atoms with van der Waals surface area (Å²) < 4.78 is 5.78. The van der Waals surface area contributed by atoms with Gasteiger partial charge in [0.1, 0.15) is 5.58 Å². The van der Waals surface area contributed by atoms with Gasteiger partial charge in [-0.25, -0.2) is 0 Å². The Hall–Kier alpha value is -3.48. The van der Waals surface area contributed by atoms with Crippen LogP contribution < -0.4 is 5.32 Å². The third kappa shape index (κ3) is 5.29. The Bertz CT molecular complexity index is 1280.